The van der Waals surface area contributed by atoms with Crippen molar-refractivity contribution in [3.05, 3.63) is 0 Å². The van der Waals surface area contributed by atoms with Gasteiger partial charge in [0.2, 0.25) is 0 Å². The van der Waals surface area contributed by atoms with Gasteiger partial charge in [-0.15, -0.1) is 0 Å². The Hall–Kier alpha value is -0.120. The van der Waals surface area contributed by atoms with Gasteiger partial charge in [0.1, 0.15) is 0 Å². The van der Waals surface area contributed by atoms with Gasteiger partial charge >= 0.3 is 0 Å². The normalized spacial score (nSPS) is 30.7. The number of rotatable bonds is 5. The van der Waals surface area contributed by atoms with Crippen molar-refractivity contribution < 1.29 is 4.74 Å². The molecule has 78 valence electrons. The van der Waals surface area contributed by atoms with Crippen LogP contribution >= 0.6 is 0 Å². The number of hydrogen-bond donors (Lipinski definition) is 2. The third-order valence-electron chi connectivity index (χ3n) is 2.93. The first-order valence-corrected chi connectivity index (χ1v) is 5.21. The van der Waals surface area contributed by atoms with Gasteiger partial charge < -0.3 is 15.4 Å². The van der Waals surface area contributed by atoms with Crippen LogP contribution in [0.4, 0.5) is 0 Å². The largest absolute Gasteiger partial charge is 0.380 e. The van der Waals surface area contributed by atoms with Crippen LogP contribution in [0.25, 0.3) is 0 Å². The molecule has 0 aromatic carbocycles. The van der Waals surface area contributed by atoms with Gasteiger partial charge in [0.15, 0.2) is 0 Å². The van der Waals surface area contributed by atoms with Gasteiger partial charge in [0.25, 0.3) is 0 Å². The Morgan fingerprint density at radius 2 is 2.38 bits per heavy atom. The minimum Gasteiger partial charge on any atom is -0.380 e. The molecule has 1 fully saturated rings. The maximum Gasteiger partial charge on any atom is 0.0667 e. The topological polar surface area (TPSA) is 33.3 Å². The second-order valence-electron chi connectivity index (χ2n) is 4.00. The fraction of sp³-hybridized carbons (Fsp3) is 1.00. The van der Waals surface area contributed by atoms with E-state index in [9.17, 15) is 0 Å². The molecule has 2 N–H and O–H groups in total. The standard InChI is InChI=1S/C10H22N2O/c1-8(13-3)6-11-7-10-4-5-12-9(10)2/h8-12H,4-7H2,1-3H3. The van der Waals surface area contributed by atoms with Crippen LogP contribution in [-0.4, -0.2) is 38.9 Å². The number of ether oxygens (including phenoxy) is 1. The van der Waals surface area contributed by atoms with Crippen LogP contribution in [0.5, 0.6) is 0 Å². The average Bonchev–Trinajstić information content (AvgIpc) is 2.52. The second kappa shape index (κ2) is 5.58. The molecule has 1 rings (SSSR count). The Balaban J connectivity index is 2.05. The summed E-state index contributed by atoms with van der Waals surface area (Å²) in [6, 6.07) is 0.672. The van der Waals surface area contributed by atoms with Gasteiger partial charge in [-0.1, -0.05) is 0 Å². The molecule has 1 aliphatic rings. The van der Waals surface area contributed by atoms with Crippen LogP contribution in [0.2, 0.25) is 0 Å². The van der Waals surface area contributed by atoms with E-state index in [0.717, 1.165) is 19.0 Å². The molecule has 3 heteroatoms. The molecule has 1 saturated heterocycles. The van der Waals surface area contributed by atoms with E-state index in [2.05, 4.69) is 24.5 Å². The van der Waals surface area contributed by atoms with E-state index in [1.807, 2.05) is 0 Å². The van der Waals surface area contributed by atoms with Crippen molar-refractivity contribution in [2.45, 2.75) is 32.4 Å². The lowest BCUT2D eigenvalue weighted by atomic mass is 10.0. The fourth-order valence-electron chi connectivity index (χ4n) is 1.75. The summed E-state index contributed by atoms with van der Waals surface area (Å²) in [5.74, 6) is 0.795. The van der Waals surface area contributed by atoms with Crippen molar-refractivity contribution >= 4 is 0 Å². The lowest BCUT2D eigenvalue weighted by molar-refractivity contribution is 0.116. The summed E-state index contributed by atoms with van der Waals surface area (Å²) in [5, 5.41) is 6.89. The molecule has 13 heavy (non-hydrogen) atoms. The molecule has 1 heterocycles. The molecular formula is C10H22N2O. The molecule has 3 unspecified atom stereocenters. The molecule has 0 spiro atoms. The highest BCUT2D eigenvalue weighted by atomic mass is 16.5. The summed E-state index contributed by atoms with van der Waals surface area (Å²) >= 11 is 0. The van der Waals surface area contributed by atoms with Crippen LogP contribution in [0.3, 0.4) is 0 Å². The number of methoxy groups -OCH3 is 1. The quantitative estimate of drug-likeness (QED) is 0.660. The number of nitrogens with one attached hydrogen (secondary N) is 2. The van der Waals surface area contributed by atoms with Crippen molar-refractivity contribution in [3.63, 3.8) is 0 Å². The zero-order valence-corrected chi connectivity index (χ0v) is 8.97. The van der Waals surface area contributed by atoms with Crippen molar-refractivity contribution in [2.24, 2.45) is 5.92 Å². The number of hydrogen-bond acceptors (Lipinski definition) is 3. The van der Waals surface area contributed by atoms with E-state index in [-0.39, 0.29) is 0 Å². The van der Waals surface area contributed by atoms with Crippen LogP contribution in [-0.2, 0) is 4.74 Å². The molecule has 0 radical (unpaired) electrons. The molecule has 0 aliphatic carbocycles. The van der Waals surface area contributed by atoms with E-state index in [1.165, 1.54) is 13.0 Å². The first-order valence-electron chi connectivity index (χ1n) is 5.21. The molecule has 1 aliphatic heterocycles. The molecule has 0 bridgehead atoms. The Labute approximate surface area is 81.2 Å². The molecule has 0 amide bonds. The van der Waals surface area contributed by atoms with Crippen molar-refractivity contribution in [2.75, 3.05) is 26.7 Å². The van der Waals surface area contributed by atoms with Crippen LogP contribution in [0, 0.1) is 5.92 Å². The van der Waals surface area contributed by atoms with Gasteiger partial charge in [-0.3, -0.25) is 0 Å². The third kappa shape index (κ3) is 3.63. The average molecular weight is 186 g/mol. The molecule has 0 saturated carbocycles. The highest BCUT2D eigenvalue weighted by Crippen LogP contribution is 2.13. The molecule has 3 atom stereocenters. The molecule has 3 nitrogen and oxygen atoms in total. The zero-order chi connectivity index (χ0) is 9.68. The lowest BCUT2D eigenvalue weighted by Crippen LogP contribution is -2.34. The smallest absolute Gasteiger partial charge is 0.0667 e. The van der Waals surface area contributed by atoms with Crippen LogP contribution in [0.15, 0.2) is 0 Å². The maximum atomic E-state index is 5.16. The summed E-state index contributed by atoms with van der Waals surface area (Å²) in [7, 11) is 1.76. The predicted octanol–water partition coefficient (Wildman–Crippen LogP) is 0.609. The zero-order valence-electron chi connectivity index (χ0n) is 8.97. The summed E-state index contributed by atoms with van der Waals surface area (Å²) in [6.45, 7) is 7.59. The van der Waals surface area contributed by atoms with Gasteiger partial charge in [0, 0.05) is 19.7 Å². The Kier molecular flexibility index (Phi) is 4.70. The Bertz CT molecular complexity index is 141. The van der Waals surface area contributed by atoms with E-state index in [0.29, 0.717) is 12.1 Å². The van der Waals surface area contributed by atoms with E-state index in [1.54, 1.807) is 7.11 Å². The fourth-order valence-corrected chi connectivity index (χ4v) is 1.75. The van der Waals surface area contributed by atoms with E-state index >= 15 is 0 Å². The van der Waals surface area contributed by atoms with Crippen LogP contribution < -0.4 is 10.6 Å². The van der Waals surface area contributed by atoms with E-state index < -0.39 is 0 Å². The Morgan fingerprint density at radius 3 is 2.92 bits per heavy atom. The highest BCUT2D eigenvalue weighted by molar-refractivity contribution is 4.81. The third-order valence-corrected chi connectivity index (χ3v) is 2.93. The second-order valence-corrected chi connectivity index (χ2v) is 4.00. The summed E-state index contributed by atoms with van der Waals surface area (Å²) in [5.41, 5.74) is 0. The molecule has 0 aromatic rings. The predicted molar refractivity (Wildman–Crippen MR) is 54.9 cm³/mol. The summed E-state index contributed by atoms with van der Waals surface area (Å²) in [6.07, 6.45) is 1.62. The SMILES string of the molecule is COC(C)CNCC1CCNC1C. The Morgan fingerprint density at radius 1 is 1.62 bits per heavy atom. The minimum absolute atomic E-state index is 0.324. The van der Waals surface area contributed by atoms with Crippen molar-refractivity contribution in [1.82, 2.24) is 10.6 Å². The van der Waals surface area contributed by atoms with Gasteiger partial charge in [-0.25, -0.2) is 0 Å². The minimum atomic E-state index is 0.324. The van der Waals surface area contributed by atoms with E-state index in [4.69, 9.17) is 4.74 Å². The molecular weight excluding hydrogens is 164 g/mol. The first-order chi connectivity index (χ1) is 6.24. The first kappa shape index (κ1) is 11.0. The van der Waals surface area contributed by atoms with Gasteiger partial charge in [-0.2, -0.15) is 0 Å². The summed E-state index contributed by atoms with van der Waals surface area (Å²) in [4.78, 5) is 0. The molecule has 0 aromatic heterocycles. The van der Waals surface area contributed by atoms with Crippen LogP contribution in [0.1, 0.15) is 20.3 Å². The summed E-state index contributed by atoms with van der Waals surface area (Å²) < 4.78 is 5.16. The van der Waals surface area contributed by atoms with Crippen molar-refractivity contribution in [1.29, 1.82) is 0 Å². The monoisotopic (exact) mass is 186 g/mol. The lowest BCUT2D eigenvalue weighted by Gasteiger charge is -2.17. The highest BCUT2D eigenvalue weighted by Gasteiger charge is 2.21. The maximum absolute atomic E-state index is 5.16. The van der Waals surface area contributed by atoms with Gasteiger partial charge in [-0.05, 0) is 39.3 Å². The van der Waals surface area contributed by atoms with Crippen molar-refractivity contribution in [3.8, 4) is 0 Å². The van der Waals surface area contributed by atoms with Gasteiger partial charge in [0.05, 0.1) is 6.10 Å².